The molecule has 0 bridgehead atoms. The van der Waals surface area contributed by atoms with Crippen LogP contribution in [0.1, 0.15) is 15.9 Å². The summed E-state index contributed by atoms with van der Waals surface area (Å²) in [6.07, 6.45) is 3.97. The van der Waals surface area contributed by atoms with E-state index in [2.05, 4.69) is 4.98 Å². The average molecular weight is 254 g/mol. The molecule has 0 spiro atoms. The van der Waals surface area contributed by atoms with Gasteiger partial charge in [-0.15, -0.1) is 0 Å². The molecule has 1 aromatic heterocycles. The maximum absolute atomic E-state index is 13.2. The van der Waals surface area contributed by atoms with E-state index in [1.807, 2.05) is 13.9 Å². The predicted molar refractivity (Wildman–Crippen MR) is 74.2 cm³/mol. The highest BCUT2D eigenvalue weighted by atomic mass is 19.1. The molecule has 0 saturated heterocycles. The van der Waals surface area contributed by atoms with E-state index in [9.17, 15) is 9.18 Å². The van der Waals surface area contributed by atoms with Crippen molar-refractivity contribution in [2.75, 3.05) is 11.4 Å². The van der Waals surface area contributed by atoms with Gasteiger partial charge >= 0.3 is 0 Å². The minimum Gasteiger partial charge on any atom is -0.308 e. The molecule has 1 amide bonds. The Morgan fingerprint density at radius 3 is 2.95 bits per heavy atom. The molecule has 94 valence electrons. The van der Waals surface area contributed by atoms with E-state index in [1.54, 1.807) is 23.4 Å². The van der Waals surface area contributed by atoms with Crippen LogP contribution in [0.4, 0.5) is 10.1 Å². The van der Waals surface area contributed by atoms with Crippen LogP contribution in [0.3, 0.4) is 0 Å². The van der Waals surface area contributed by atoms with Gasteiger partial charge in [-0.1, -0.05) is 11.5 Å². The molecular weight excluding hydrogens is 242 g/mol. The van der Waals surface area contributed by atoms with Gasteiger partial charge in [0.15, 0.2) is 0 Å². The third kappa shape index (κ3) is 2.12. The third-order valence-electron chi connectivity index (χ3n) is 3.30. The van der Waals surface area contributed by atoms with E-state index in [4.69, 9.17) is 0 Å². The summed E-state index contributed by atoms with van der Waals surface area (Å²) in [4.78, 5) is 18.2. The van der Waals surface area contributed by atoms with Crippen LogP contribution in [-0.4, -0.2) is 25.3 Å². The zero-order valence-corrected chi connectivity index (χ0v) is 10.6. The molecular formula is C14H12BFN2O. The molecule has 0 unspecified atom stereocenters. The van der Waals surface area contributed by atoms with Crippen LogP contribution in [0.15, 0.2) is 36.7 Å². The lowest BCUT2D eigenvalue weighted by Crippen LogP contribution is -2.29. The summed E-state index contributed by atoms with van der Waals surface area (Å²) in [7, 11) is 1.90. The van der Waals surface area contributed by atoms with Crippen molar-refractivity contribution in [3.8, 4) is 0 Å². The van der Waals surface area contributed by atoms with Crippen LogP contribution in [0.25, 0.3) is 0 Å². The summed E-state index contributed by atoms with van der Waals surface area (Å²) in [5, 5.41) is 0. The van der Waals surface area contributed by atoms with Crippen molar-refractivity contribution in [1.29, 1.82) is 0 Å². The number of pyridine rings is 1. The van der Waals surface area contributed by atoms with Crippen LogP contribution in [0, 0.1) is 5.82 Å². The number of fused-ring (bicyclic) bond motifs is 1. The molecule has 0 fully saturated rings. The van der Waals surface area contributed by atoms with E-state index in [0.29, 0.717) is 18.5 Å². The summed E-state index contributed by atoms with van der Waals surface area (Å²) < 4.78 is 13.2. The highest BCUT2D eigenvalue weighted by molar-refractivity contribution is 6.32. The lowest BCUT2D eigenvalue weighted by atomic mass is 9.97. The Hall–Kier alpha value is -2.17. The fourth-order valence-electron chi connectivity index (χ4n) is 2.41. The number of hydrogen-bond acceptors (Lipinski definition) is 2. The smallest absolute Gasteiger partial charge is 0.259 e. The van der Waals surface area contributed by atoms with Crippen LogP contribution < -0.4 is 10.4 Å². The first-order valence-electron chi connectivity index (χ1n) is 6.17. The molecule has 1 aliphatic rings. The van der Waals surface area contributed by atoms with Crippen molar-refractivity contribution in [2.45, 2.75) is 6.42 Å². The van der Waals surface area contributed by atoms with Crippen LogP contribution in [-0.2, 0) is 6.42 Å². The zero-order chi connectivity index (χ0) is 13.4. The van der Waals surface area contributed by atoms with Gasteiger partial charge in [0.2, 0.25) is 0 Å². The fraction of sp³-hybridized carbons (Fsp3) is 0.143. The molecule has 0 N–H and O–H groups in total. The van der Waals surface area contributed by atoms with E-state index in [0.717, 1.165) is 16.7 Å². The minimum absolute atomic E-state index is 0.0819. The summed E-state index contributed by atoms with van der Waals surface area (Å²) >= 11 is 0. The van der Waals surface area contributed by atoms with Crippen molar-refractivity contribution >= 4 is 24.9 Å². The van der Waals surface area contributed by atoms with Crippen LogP contribution >= 0.6 is 0 Å². The normalized spacial score (nSPS) is 13.4. The summed E-state index contributed by atoms with van der Waals surface area (Å²) in [6, 6.07) is 6.37. The molecule has 1 aromatic carbocycles. The summed E-state index contributed by atoms with van der Waals surface area (Å²) in [5.41, 5.74) is 3.20. The van der Waals surface area contributed by atoms with E-state index in [-0.39, 0.29) is 11.7 Å². The monoisotopic (exact) mass is 254 g/mol. The maximum atomic E-state index is 13.2. The van der Waals surface area contributed by atoms with Crippen molar-refractivity contribution in [1.82, 2.24) is 4.98 Å². The molecule has 3 nitrogen and oxygen atoms in total. The standard InChI is InChI=1S/C14H12BFN2O/c15-11-5-10(7-17-8-11)14(19)18-4-3-9-6-12(16)1-2-13(9)18/h1-2,5-8H,3-4,15H2. The van der Waals surface area contributed by atoms with Gasteiger partial charge in [-0.2, -0.15) is 0 Å². The first-order valence-corrected chi connectivity index (χ1v) is 6.17. The van der Waals surface area contributed by atoms with Crippen molar-refractivity contribution < 1.29 is 9.18 Å². The molecule has 0 saturated carbocycles. The Balaban J connectivity index is 1.95. The Kier molecular flexibility index (Phi) is 2.82. The molecule has 5 heteroatoms. The molecule has 1 aliphatic heterocycles. The van der Waals surface area contributed by atoms with Crippen LogP contribution in [0.2, 0.25) is 0 Å². The predicted octanol–water partition coefficient (Wildman–Crippen LogP) is 0.682. The van der Waals surface area contributed by atoms with Gasteiger partial charge in [0.25, 0.3) is 5.91 Å². The number of amides is 1. The number of hydrogen-bond donors (Lipinski definition) is 0. The third-order valence-corrected chi connectivity index (χ3v) is 3.30. The number of aromatic nitrogens is 1. The quantitative estimate of drug-likeness (QED) is 0.701. The summed E-state index contributed by atoms with van der Waals surface area (Å²) in [6.45, 7) is 0.589. The second-order valence-electron chi connectivity index (χ2n) is 4.73. The Morgan fingerprint density at radius 2 is 2.16 bits per heavy atom. The van der Waals surface area contributed by atoms with Gasteiger partial charge in [-0.3, -0.25) is 9.78 Å². The van der Waals surface area contributed by atoms with Gasteiger partial charge in [-0.05, 0) is 30.2 Å². The fourth-order valence-corrected chi connectivity index (χ4v) is 2.41. The van der Waals surface area contributed by atoms with E-state index >= 15 is 0 Å². The van der Waals surface area contributed by atoms with Crippen molar-refractivity contribution in [3.63, 3.8) is 0 Å². The molecule has 3 rings (SSSR count). The highest BCUT2D eigenvalue weighted by Gasteiger charge is 2.25. The topological polar surface area (TPSA) is 33.2 Å². The average Bonchev–Trinajstić information content (AvgIpc) is 2.80. The van der Waals surface area contributed by atoms with Gasteiger partial charge in [0, 0.05) is 24.6 Å². The molecule has 0 radical (unpaired) electrons. The maximum Gasteiger partial charge on any atom is 0.259 e. The molecule has 2 aromatic rings. The molecule has 0 aliphatic carbocycles. The summed E-state index contributed by atoms with van der Waals surface area (Å²) in [5.74, 6) is -0.341. The van der Waals surface area contributed by atoms with Gasteiger partial charge in [-0.25, -0.2) is 4.39 Å². The molecule has 2 heterocycles. The lowest BCUT2D eigenvalue weighted by molar-refractivity contribution is 0.0989. The number of benzene rings is 1. The number of anilines is 1. The number of halogens is 1. The van der Waals surface area contributed by atoms with Gasteiger partial charge in [0.1, 0.15) is 13.7 Å². The second kappa shape index (κ2) is 4.50. The Bertz CT molecular complexity index is 660. The number of rotatable bonds is 1. The van der Waals surface area contributed by atoms with E-state index in [1.165, 1.54) is 12.1 Å². The second-order valence-corrected chi connectivity index (χ2v) is 4.73. The first-order chi connectivity index (χ1) is 9.15. The van der Waals surface area contributed by atoms with Gasteiger partial charge < -0.3 is 4.90 Å². The SMILES string of the molecule is Bc1cncc(C(=O)N2CCc3cc(F)ccc32)c1. The van der Waals surface area contributed by atoms with Crippen molar-refractivity contribution in [3.05, 3.63) is 53.6 Å². The Morgan fingerprint density at radius 1 is 1.32 bits per heavy atom. The van der Waals surface area contributed by atoms with E-state index < -0.39 is 0 Å². The molecule has 0 atom stereocenters. The van der Waals surface area contributed by atoms with Crippen molar-refractivity contribution in [2.24, 2.45) is 0 Å². The lowest BCUT2D eigenvalue weighted by Gasteiger charge is -2.17. The van der Waals surface area contributed by atoms with Crippen LogP contribution in [0.5, 0.6) is 0 Å². The minimum atomic E-state index is -0.259. The Labute approximate surface area is 111 Å². The van der Waals surface area contributed by atoms with Gasteiger partial charge in [0.05, 0.1) is 5.56 Å². The first kappa shape index (κ1) is 11.9. The number of carbonyl (C=O) groups excluding carboxylic acids is 1. The number of nitrogens with zero attached hydrogens (tertiary/aromatic N) is 2. The zero-order valence-electron chi connectivity index (χ0n) is 10.6. The number of carbonyl (C=O) groups is 1. The highest BCUT2D eigenvalue weighted by Crippen LogP contribution is 2.29. The molecule has 19 heavy (non-hydrogen) atoms. The largest absolute Gasteiger partial charge is 0.308 e.